The molecule has 1 heterocycles. The Morgan fingerprint density at radius 1 is 1.29 bits per heavy atom. The molecule has 5 nitrogen and oxygen atoms in total. The van der Waals surface area contributed by atoms with Crippen LogP contribution in [0.4, 0.5) is 9.18 Å². The Bertz CT molecular complexity index is 1400. The van der Waals surface area contributed by atoms with E-state index in [9.17, 15) is 9.18 Å². The summed E-state index contributed by atoms with van der Waals surface area (Å²) < 4.78 is 143. The van der Waals surface area contributed by atoms with Gasteiger partial charge in [0.2, 0.25) is 0 Å². The lowest BCUT2D eigenvalue weighted by Gasteiger charge is -2.37. The average Bonchev–Trinajstić information content (AvgIpc) is 2.96. The molecule has 0 unspecified atom stereocenters. The van der Waals surface area contributed by atoms with Gasteiger partial charge in [0.25, 0.3) is 0 Å². The largest absolute Gasteiger partial charge is 0.493 e. The number of nitrogens with one attached hydrogen (secondary N) is 1. The minimum atomic E-state index is -3.63. The second kappa shape index (κ2) is 11.1. The number of rotatable bonds is 8. The Balaban J connectivity index is 1.81. The monoisotopic (exact) mass is 443 g/mol. The summed E-state index contributed by atoms with van der Waals surface area (Å²) in [6, 6.07) is 0.679. The lowest BCUT2D eigenvalue weighted by atomic mass is 10.0. The first-order valence-electron chi connectivity index (χ1n) is 17.7. The molecule has 2 aromatic carbocycles. The van der Waals surface area contributed by atoms with Crippen LogP contribution in [0.2, 0.25) is 0 Å². The van der Waals surface area contributed by atoms with Crippen molar-refractivity contribution >= 4 is 6.03 Å². The van der Waals surface area contributed by atoms with Crippen molar-refractivity contribution in [3.8, 4) is 5.75 Å². The summed E-state index contributed by atoms with van der Waals surface area (Å²) in [4.78, 5) is 16.0. The van der Waals surface area contributed by atoms with Crippen molar-refractivity contribution in [3.05, 3.63) is 65.4 Å². The van der Waals surface area contributed by atoms with Gasteiger partial charge in [0, 0.05) is 32.8 Å². The zero-order valence-electron chi connectivity index (χ0n) is 32.7. The molecule has 1 aliphatic rings. The summed E-state index contributed by atoms with van der Waals surface area (Å²) >= 11 is 0. The molecule has 2 amide bonds. The first-order chi connectivity index (χ1) is 21.3. The number of benzene rings is 2. The van der Waals surface area contributed by atoms with E-state index in [1.807, 2.05) is 0 Å². The van der Waals surface area contributed by atoms with E-state index < -0.39 is 81.7 Å². The molecule has 6 heteroatoms. The number of halogens is 1. The minimum absolute atomic E-state index is 0.0985. The molecule has 2 aromatic rings. The summed E-state index contributed by atoms with van der Waals surface area (Å²) in [5, 5.41) is 2.65. The molecular weight excluding hydrogens is 393 g/mol. The van der Waals surface area contributed by atoms with Gasteiger partial charge in [-0.3, -0.25) is 0 Å². The minimum Gasteiger partial charge on any atom is -0.493 e. The van der Waals surface area contributed by atoms with Crippen LogP contribution in [-0.4, -0.2) is 48.5 Å². The number of hydrogen-bond acceptors (Lipinski definition) is 3. The number of carbonyl (C=O) groups excluding carboxylic acids is 1. The molecule has 1 fully saturated rings. The van der Waals surface area contributed by atoms with E-state index in [1.54, 1.807) is 0 Å². The lowest BCUT2D eigenvalue weighted by molar-refractivity contribution is 0.127. The van der Waals surface area contributed by atoms with Crippen molar-refractivity contribution in [2.75, 3.05) is 26.6 Å². The fourth-order valence-electron chi connectivity index (χ4n) is 3.18. The van der Waals surface area contributed by atoms with E-state index in [0.717, 1.165) is 0 Å². The van der Waals surface area contributed by atoms with Crippen LogP contribution in [0.25, 0.3) is 0 Å². The van der Waals surface area contributed by atoms with Crippen LogP contribution in [0, 0.1) is 11.7 Å². The first kappa shape index (κ1) is 9.90. The van der Waals surface area contributed by atoms with E-state index in [4.69, 9.17) is 26.7 Å². The van der Waals surface area contributed by atoms with Crippen molar-refractivity contribution < 1.29 is 35.9 Å². The molecule has 1 saturated heterocycles. The van der Waals surface area contributed by atoms with Gasteiger partial charge in [0.05, 0.1) is 14.8 Å². The third-order valence-corrected chi connectivity index (χ3v) is 4.78. The van der Waals surface area contributed by atoms with Crippen molar-refractivity contribution in [1.29, 1.82) is 0 Å². The van der Waals surface area contributed by atoms with Gasteiger partial charge in [-0.25, -0.2) is 9.18 Å². The van der Waals surface area contributed by atoms with Gasteiger partial charge in [-0.1, -0.05) is 37.9 Å². The van der Waals surface area contributed by atoms with Gasteiger partial charge in [-0.05, 0) is 74.1 Å². The standard InChI is InChI=1S/C25H34FN3O2/c1-19(2)18-31-24-10-6-20(7-11-24)16-27-25(30)29(23-12-14-28(3)15-13-23)17-21-4-8-22(26)9-5-21/h4-11,19,23H,12-18H2,1-3H3,(H,27,30)/i1D3,2D3,3D3,4D,5D,8D,9D,18D2,19D. The average molecular weight is 444 g/mol. The predicted octanol–water partition coefficient (Wildman–Crippen LogP) is 4.67. The van der Waals surface area contributed by atoms with Crippen molar-refractivity contribution in [3.63, 3.8) is 0 Å². The Morgan fingerprint density at radius 2 is 2.00 bits per heavy atom. The molecular formula is C25H34FN3O2. The van der Waals surface area contributed by atoms with Crippen molar-refractivity contribution in [2.24, 2.45) is 5.89 Å². The van der Waals surface area contributed by atoms with Crippen LogP contribution in [-0.2, 0) is 13.1 Å². The highest BCUT2D eigenvalue weighted by atomic mass is 19.1. The summed E-state index contributed by atoms with van der Waals surface area (Å²) in [6.45, 7) is -13.4. The van der Waals surface area contributed by atoms with Gasteiger partial charge in [-0.2, -0.15) is 0 Å². The van der Waals surface area contributed by atoms with Gasteiger partial charge >= 0.3 is 6.03 Å². The fourth-order valence-corrected chi connectivity index (χ4v) is 3.18. The van der Waals surface area contributed by atoms with Gasteiger partial charge in [0.15, 0.2) is 0 Å². The number of hydrogen-bond donors (Lipinski definition) is 1. The smallest absolute Gasteiger partial charge is 0.318 e. The van der Waals surface area contributed by atoms with Crippen LogP contribution in [0.15, 0.2) is 48.4 Å². The number of urea groups is 1. The Labute approximate surface area is 207 Å². The summed E-state index contributed by atoms with van der Waals surface area (Å²) in [7, 11) is 0. The molecule has 0 aliphatic carbocycles. The molecule has 1 aliphatic heterocycles. The second-order valence-electron chi connectivity index (χ2n) is 7.02. The molecule has 1 N–H and O–H groups in total. The summed E-state index contributed by atoms with van der Waals surface area (Å²) in [5.41, 5.74) is 0.184. The molecule has 0 bridgehead atoms. The second-order valence-corrected chi connectivity index (χ2v) is 7.02. The highest BCUT2D eigenvalue weighted by molar-refractivity contribution is 5.74. The quantitative estimate of drug-likeness (QED) is 0.645. The van der Waals surface area contributed by atoms with Crippen LogP contribution in [0.3, 0.4) is 0 Å². The maximum absolute atomic E-state index is 14.2. The van der Waals surface area contributed by atoms with Crippen LogP contribution < -0.4 is 10.1 Å². The molecule has 0 saturated carbocycles. The van der Waals surface area contributed by atoms with E-state index in [1.165, 1.54) is 34.1 Å². The third kappa shape index (κ3) is 7.24. The number of ether oxygens (including phenoxy) is 1. The number of carbonyl (C=O) groups is 1. The molecule has 0 spiro atoms. The third-order valence-electron chi connectivity index (χ3n) is 4.78. The predicted molar refractivity (Wildman–Crippen MR) is 121 cm³/mol. The lowest BCUT2D eigenvalue weighted by Crippen LogP contribution is -2.49. The maximum atomic E-state index is 14.2. The maximum Gasteiger partial charge on any atom is 0.318 e. The van der Waals surface area contributed by atoms with Crippen LogP contribution in [0.1, 0.15) is 59.6 Å². The van der Waals surface area contributed by atoms with E-state index in [-0.39, 0.29) is 43.8 Å². The van der Waals surface area contributed by atoms with Gasteiger partial charge in [-0.15, -0.1) is 0 Å². The van der Waals surface area contributed by atoms with Crippen molar-refractivity contribution in [2.45, 2.75) is 45.7 Å². The molecule has 0 radical (unpaired) electrons. The molecule has 0 atom stereocenters. The molecule has 0 aromatic heterocycles. The number of nitrogens with zero attached hydrogens (tertiary/aromatic N) is 2. The Hall–Kier alpha value is -2.60. The zero-order valence-corrected chi connectivity index (χ0v) is 16.7. The van der Waals surface area contributed by atoms with E-state index >= 15 is 0 Å². The summed E-state index contributed by atoms with van der Waals surface area (Å²) in [5.74, 6) is -5.26. The van der Waals surface area contributed by atoms with Crippen LogP contribution >= 0.6 is 0 Å². The fraction of sp³-hybridized carbons (Fsp3) is 0.480. The number of piperidine rings is 1. The Kier molecular flexibility index (Phi) is 3.56. The van der Waals surface area contributed by atoms with Gasteiger partial charge in [0.1, 0.15) is 11.6 Å². The zero-order chi connectivity index (χ0) is 35.9. The first-order valence-corrected chi connectivity index (χ1v) is 9.65. The highest BCUT2D eigenvalue weighted by Crippen LogP contribution is 2.19. The van der Waals surface area contributed by atoms with Gasteiger partial charge < -0.3 is 19.9 Å². The molecule has 168 valence electrons. The van der Waals surface area contributed by atoms with E-state index in [0.29, 0.717) is 5.56 Å². The molecule has 3 rings (SSSR count). The Morgan fingerprint density at radius 3 is 2.65 bits per heavy atom. The van der Waals surface area contributed by atoms with E-state index in [2.05, 4.69) is 5.32 Å². The summed E-state index contributed by atoms with van der Waals surface area (Å²) in [6.07, 6.45) is 0.403. The number of likely N-dealkylation sites (tertiary alicyclic amines) is 1. The van der Waals surface area contributed by atoms with Crippen LogP contribution in [0.5, 0.6) is 5.75 Å². The topological polar surface area (TPSA) is 44.8 Å². The van der Waals surface area contributed by atoms with Crippen molar-refractivity contribution in [1.82, 2.24) is 15.1 Å². The SMILES string of the molecule is [2H]c1c([2H])c(CN(C(=O)NCc2ccc(OC([2H])([2H])C([2H])(C([2H])([2H])[2H])C([2H])([2H])[2H])cc2)C2CCN(C([2H])([2H])[2H])CC2)c([2H])c([2H])c1F. The normalized spacial score (nSPS) is 24.7. The highest BCUT2D eigenvalue weighted by Gasteiger charge is 2.27. The molecule has 31 heavy (non-hydrogen) atoms. The number of amides is 2.